The van der Waals surface area contributed by atoms with Crippen LogP contribution in [0.4, 0.5) is 0 Å². The van der Waals surface area contributed by atoms with Crippen molar-refractivity contribution in [2.45, 2.75) is 5.66 Å². The van der Waals surface area contributed by atoms with Gasteiger partial charge in [0.15, 0.2) is 5.66 Å². The topological polar surface area (TPSA) is 48.8 Å². The minimum atomic E-state index is -0.167. The molecule has 2 aliphatic heterocycles. The summed E-state index contributed by atoms with van der Waals surface area (Å²) in [6, 6.07) is 0. The molecule has 0 saturated carbocycles. The summed E-state index contributed by atoms with van der Waals surface area (Å²) in [6.45, 7) is 0.854. The van der Waals surface area contributed by atoms with Crippen molar-refractivity contribution in [2.24, 2.45) is 10.2 Å². The summed E-state index contributed by atoms with van der Waals surface area (Å²) in [5, 5.41) is 7.61. The summed E-state index contributed by atoms with van der Waals surface area (Å²) in [5.41, 5.74) is 5.65. The summed E-state index contributed by atoms with van der Waals surface area (Å²) < 4.78 is 0. The van der Waals surface area contributed by atoms with Gasteiger partial charge in [-0.1, -0.05) is 0 Å². The summed E-state index contributed by atoms with van der Waals surface area (Å²) in [5.74, 6) is 0. The molecule has 4 heteroatoms. The summed E-state index contributed by atoms with van der Waals surface area (Å²) in [7, 11) is 0. The van der Waals surface area contributed by atoms with Gasteiger partial charge in [0.2, 0.25) is 0 Å². The molecule has 2 aliphatic rings. The van der Waals surface area contributed by atoms with Crippen molar-refractivity contribution >= 4 is 0 Å². The molecule has 1 saturated heterocycles. The van der Waals surface area contributed by atoms with Crippen molar-refractivity contribution in [3.05, 3.63) is 12.3 Å². The lowest BCUT2D eigenvalue weighted by Crippen LogP contribution is -2.67. The van der Waals surface area contributed by atoms with E-state index in [-0.39, 0.29) is 5.66 Å². The first-order valence-electron chi connectivity index (χ1n) is 2.51. The van der Waals surface area contributed by atoms with Gasteiger partial charge < -0.3 is 0 Å². The molecule has 2 heterocycles. The SMILES string of the molecule is C1=CC2(CNN2)N=N1. The second-order valence-corrected chi connectivity index (χ2v) is 1.93. The molecular weight excluding hydrogens is 104 g/mol. The molecule has 1 spiro atoms. The van der Waals surface area contributed by atoms with Crippen LogP contribution in [0.2, 0.25) is 0 Å². The van der Waals surface area contributed by atoms with E-state index in [9.17, 15) is 0 Å². The van der Waals surface area contributed by atoms with E-state index in [1.807, 2.05) is 6.08 Å². The fraction of sp³-hybridized carbons (Fsp3) is 0.500. The van der Waals surface area contributed by atoms with Crippen molar-refractivity contribution in [1.29, 1.82) is 0 Å². The van der Waals surface area contributed by atoms with E-state index < -0.39 is 0 Å². The molecular formula is C4H6N4. The molecule has 42 valence electrons. The standard InChI is InChI=1S/C4H6N4/c1-2-5-7-4(1)3-6-8-4/h1-2,6,8H,3H2. The quantitative estimate of drug-likeness (QED) is 0.452. The summed E-state index contributed by atoms with van der Waals surface area (Å²) >= 11 is 0. The maximum absolute atomic E-state index is 3.91. The molecule has 0 aliphatic carbocycles. The average molecular weight is 110 g/mol. The van der Waals surface area contributed by atoms with E-state index in [2.05, 4.69) is 21.1 Å². The van der Waals surface area contributed by atoms with Gasteiger partial charge in [0.05, 0.1) is 6.54 Å². The number of hydrazine groups is 1. The molecule has 0 bridgehead atoms. The van der Waals surface area contributed by atoms with Gasteiger partial charge in [0, 0.05) is 6.20 Å². The van der Waals surface area contributed by atoms with Gasteiger partial charge in [-0.3, -0.25) is 5.43 Å². The summed E-state index contributed by atoms with van der Waals surface area (Å²) in [6.07, 6.45) is 3.64. The van der Waals surface area contributed by atoms with Crippen LogP contribution >= 0.6 is 0 Å². The molecule has 1 fully saturated rings. The number of hydrogen-bond donors (Lipinski definition) is 2. The van der Waals surface area contributed by atoms with Crippen molar-refractivity contribution in [2.75, 3.05) is 6.54 Å². The predicted molar refractivity (Wildman–Crippen MR) is 27.9 cm³/mol. The van der Waals surface area contributed by atoms with Gasteiger partial charge in [0.1, 0.15) is 0 Å². The highest BCUT2D eigenvalue weighted by Crippen LogP contribution is 2.18. The van der Waals surface area contributed by atoms with Crippen LogP contribution < -0.4 is 10.9 Å². The minimum absolute atomic E-state index is 0.167. The van der Waals surface area contributed by atoms with E-state index in [1.165, 1.54) is 0 Å². The van der Waals surface area contributed by atoms with Gasteiger partial charge in [-0.05, 0) is 6.08 Å². The lowest BCUT2D eigenvalue weighted by molar-refractivity contribution is 0.224. The molecule has 0 amide bonds. The third-order valence-corrected chi connectivity index (χ3v) is 1.32. The molecule has 0 aromatic carbocycles. The molecule has 8 heavy (non-hydrogen) atoms. The smallest absolute Gasteiger partial charge is 0.178 e. The minimum Gasteiger partial charge on any atom is -0.251 e. The Morgan fingerprint density at radius 3 is 2.75 bits per heavy atom. The zero-order valence-corrected chi connectivity index (χ0v) is 4.26. The highest BCUT2D eigenvalue weighted by atomic mass is 15.6. The van der Waals surface area contributed by atoms with Gasteiger partial charge in [-0.2, -0.15) is 10.2 Å². The fourth-order valence-electron chi connectivity index (χ4n) is 0.757. The first-order valence-corrected chi connectivity index (χ1v) is 2.51. The first-order chi connectivity index (χ1) is 3.91. The Labute approximate surface area is 46.6 Å². The Bertz CT molecular complexity index is 141. The average Bonchev–Trinajstić information content (AvgIpc) is 2.07. The predicted octanol–water partition coefficient (Wildman–Crippen LogP) is -0.230. The monoisotopic (exact) mass is 110 g/mol. The lowest BCUT2D eigenvalue weighted by atomic mass is 10.1. The maximum Gasteiger partial charge on any atom is 0.178 e. The normalized spacial score (nSPS) is 41.0. The molecule has 1 unspecified atom stereocenters. The van der Waals surface area contributed by atoms with Crippen LogP contribution in [0, 0.1) is 0 Å². The number of nitrogens with one attached hydrogen (secondary N) is 2. The zero-order valence-electron chi connectivity index (χ0n) is 4.26. The molecule has 4 nitrogen and oxygen atoms in total. The third kappa shape index (κ3) is 0.361. The van der Waals surface area contributed by atoms with Crippen LogP contribution in [0.1, 0.15) is 0 Å². The first kappa shape index (κ1) is 4.17. The highest BCUT2D eigenvalue weighted by molar-refractivity contribution is 5.12. The van der Waals surface area contributed by atoms with Crippen LogP contribution in [0.15, 0.2) is 22.5 Å². The molecule has 0 aromatic heterocycles. The molecule has 2 N–H and O–H groups in total. The van der Waals surface area contributed by atoms with Crippen molar-refractivity contribution < 1.29 is 0 Å². The number of azo groups is 1. The molecule has 1 atom stereocenters. The fourth-order valence-corrected chi connectivity index (χ4v) is 0.757. The Morgan fingerprint density at radius 2 is 2.50 bits per heavy atom. The van der Waals surface area contributed by atoms with E-state index in [0.717, 1.165) is 6.54 Å². The number of nitrogens with zero attached hydrogens (tertiary/aromatic N) is 2. The van der Waals surface area contributed by atoms with Crippen molar-refractivity contribution in [3.8, 4) is 0 Å². The summed E-state index contributed by atoms with van der Waals surface area (Å²) in [4.78, 5) is 0. The van der Waals surface area contributed by atoms with E-state index in [1.54, 1.807) is 6.20 Å². The van der Waals surface area contributed by atoms with E-state index >= 15 is 0 Å². The van der Waals surface area contributed by atoms with Crippen LogP contribution in [-0.2, 0) is 0 Å². The molecule has 0 radical (unpaired) electrons. The second kappa shape index (κ2) is 1.15. The second-order valence-electron chi connectivity index (χ2n) is 1.93. The largest absolute Gasteiger partial charge is 0.251 e. The number of rotatable bonds is 0. The van der Waals surface area contributed by atoms with Gasteiger partial charge in [0.25, 0.3) is 0 Å². The third-order valence-electron chi connectivity index (χ3n) is 1.32. The van der Waals surface area contributed by atoms with Gasteiger partial charge in [-0.25, -0.2) is 5.43 Å². The molecule has 0 aromatic rings. The van der Waals surface area contributed by atoms with Gasteiger partial charge in [-0.15, -0.1) is 0 Å². The van der Waals surface area contributed by atoms with E-state index in [4.69, 9.17) is 0 Å². The zero-order chi connectivity index (χ0) is 5.45. The van der Waals surface area contributed by atoms with Gasteiger partial charge >= 0.3 is 0 Å². The van der Waals surface area contributed by atoms with Crippen LogP contribution in [-0.4, -0.2) is 12.2 Å². The van der Waals surface area contributed by atoms with Crippen molar-refractivity contribution in [1.82, 2.24) is 10.9 Å². The van der Waals surface area contributed by atoms with Crippen LogP contribution in [0.25, 0.3) is 0 Å². The highest BCUT2D eigenvalue weighted by Gasteiger charge is 2.35. The van der Waals surface area contributed by atoms with Crippen molar-refractivity contribution in [3.63, 3.8) is 0 Å². The Balaban J connectivity index is 2.25. The number of hydrogen-bond acceptors (Lipinski definition) is 4. The molecule has 2 rings (SSSR count). The lowest BCUT2D eigenvalue weighted by Gasteiger charge is -2.33. The van der Waals surface area contributed by atoms with Crippen LogP contribution in [0.3, 0.4) is 0 Å². The Kier molecular flexibility index (Phi) is 0.601. The van der Waals surface area contributed by atoms with Crippen LogP contribution in [0.5, 0.6) is 0 Å². The Morgan fingerprint density at radius 1 is 1.62 bits per heavy atom. The maximum atomic E-state index is 3.91. The van der Waals surface area contributed by atoms with E-state index in [0.29, 0.717) is 0 Å². The Hall–Kier alpha value is -0.740.